The van der Waals surface area contributed by atoms with Crippen molar-refractivity contribution in [2.24, 2.45) is 10.8 Å². The van der Waals surface area contributed by atoms with Crippen LogP contribution in [-0.4, -0.2) is 44.1 Å². The number of benzene rings is 1. The van der Waals surface area contributed by atoms with E-state index in [0.29, 0.717) is 12.8 Å². The van der Waals surface area contributed by atoms with Gasteiger partial charge in [-0.15, -0.1) is 7.92 Å². The first-order valence-corrected chi connectivity index (χ1v) is 13.9. The van der Waals surface area contributed by atoms with Crippen molar-refractivity contribution < 1.29 is 23.8 Å². The minimum atomic E-state index is -1.09. The lowest BCUT2D eigenvalue weighted by molar-refractivity contribution is -0.176. The Kier molecular flexibility index (Phi) is 10.8. The topological polar surface area (TPSA) is 61.8 Å². The molecule has 0 bridgehead atoms. The van der Waals surface area contributed by atoms with Gasteiger partial charge >= 0.3 is 11.9 Å². The summed E-state index contributed by atoms with van der Waals surface area (Å²) >= 11 is 0. The van der Waals surface area contributed by atoms with Crippen LogP contribution in [0.5, 0.6) is 0 Å². The molecule has 1 aromatic carbocycles. The van der Waals surface area contributed by atoms with E-state index in [1.807, 2.05) is 53.7 Å². The summed E-state index contributed by atoms with van der Waals surface area (Å²) in [5.41, 5.74) is 0.140. The van der Waals surface area contributed by atoms with Gasteiger partial charge in [-0.2, -0.15) is 0 Å². The molecule has 0 fully saturated rings. The number of hydrogen-bond donors (Lipinski definition) is 0. The van der Waals surface area contributed by atoms with E-state index in [9.17, 15) is 9.59 Å². The monoisotopic (exact) mass is 466 g/mol. The Hall–Kier alpha value is -1.45. The minimum absolute atomic E-state index is 0.00421. The highest BCUT2D eigenvalue weighted by Crippen LogP contribution is 2.31. The molecule has 32 heavy (non-hydrogen) atoms. The third kappa shape index (κ3) is 9.19. The highest BCUT2D eigenvalue weighted by atomic mass is 31.1. The molecule has 0 aliphatic rings. The summed E-state index contributed by atoms with van der Waals surface area (Å²) in [4.78, 5) is 25.7. The van der Waals surface area contributed by atoms with Crippen molar-refractivity contribution in [2.75, 3.05) is 26.5 Å². The van der Waals surface area contributed by atoms with Gasteiger partial charge in [0, 0.05) is 0 Å². The third-order valence-corrected chi connectivity index (χ3v) is 6.78. The van der Waals surface area contributed by atoms with Crippen LogP contribution >= 0.6 is 7.92 Å². The first-order valence-electron chi connectivity index (χ1n) is 11.5. The number of carbonyl (C=O) groups is 2. The Morgan fingerprint density at radius 1 is 0.781 bits per heavy atom. The standard InChI is InChI=1S/C26H43O5P/c1-10-25(6,11-2)22(27)30-18-26(7,19-31-24(3,4)5)23(28)29-16-20-12-14-21(15-13-20)17-32(8)9/h12-15H,10-11,16-19H2,1-9H3. The van der Waals surface area contributed by atoms with Crippen LogP contribution in [0.15, 0.2) is 24.3 Å². The fourth-order valence-electron chi connectivity index (χ4n) is 2.90. The summed E-state index contributed by atoms with van der Waals surface area (Å²) in [6.07, 6.45) is 2.43. The number of rotatable bonds is 12. The quantitative estimate of drug-likeness (QED) is 0.273. The molecule has 182 valence electrons. The molecule has 1 rings (SSSR count). The smallest absolute Gasteiger partial charge is 0.317 e. The molecule has 0 aliphatic heterocycles. The number of carbonyl (C=O) groups excluding carboxylic acids is 2. The highest BCUT2D eigenvalue weighted by molar-refractivity contribution is 7.55. The van der Waals surface area contributed by atoms with E-state index >= 15 is 0 Å². The second-order valence-corrected chi connectivity index (χ2v) is 12.9. The number of esters is 2. The third-order valence-electron chi connectivity index (χ3n) is 5.78. The highest BCUT2D eigenvalue weighted by Gasteiger charge is 2.40. The van der Waals surface area contributed by atoms with E-state index in [1.165, 1.54) is 5.56 Å². The molecule has 5 nitrogen and oxygen atoms in total. The summed E-state index contributed by atoms with van der Waals surface area (Å²) < 4.78 is 17.2. The maximum atomic E-state index is 13.1. The van der Waals surface area contributed by atoms with Crippen LogP contribution in [0.1, 0.15) is 72.4 Å². The number of hydrogen-bond acceptors (Lipinski definition) is 5. The van der Waals surface area contributed by atoms with E-state index < -0.39 is 22.4 Å². The Bertz CT molecular complexity index is 732. The molecule has 0 amide bonds. The molecule has 6 heteroatoms. The van der Waals surface area contributed by atoms with Crippen molar-refractivity contribution >= 4 is 19.9 Å². The molecule has 0 spiro atoms. The van der Waals surface area contributed by atoms with Crippen molar-refractivity contribution in [2.45, 2.75) is 79.7 Å². The van der Waals surface area contributed by atoms with Crippen molar-refractivity contribution in [3.8, 4) is 0 Å². The molecule has 1 aromatic rings. The van der Waals surface area contributed by atoms with E-state index in [0.717, 1.165) is 11.7 Å². The van der Waals surface area contributed by atoms with Crippen LogP contribution in [0, 0.1) is 10.8 Å². The molecular formula is C26H43O5P. The van der Waals surface area contributed by atoms with Gasteiger partial charge in [0.25, 0.3) is 0 Å². The van der Waals surface area contributed by atoms with Gasteiger partial charge in [-0.3, -0.25) is 9.59 Å². The van der Waals surface area contributed by atoms with Gasteiger partial charge in [0.2, 0.25) is 0 Å². The van der Waals surface area contributed by atoms with Crippen LogP contribution in [0.3, 0.4) is 0 Å². The van der Waals surface area contributed by atoms with Crippen LogP contribution < -0.4 is 0 Å². The van der Waals surface area contributed by atoms with Crippen LogP contribution in [-0.2, 0) is 36.6 Å². The van der Waals surface area contributed by atoms with E-state index in [-0.39, 0.29) is 33.7 Å². The maximum Gasteiger partial charge on any atom is 0.317 e. The first kappa shape index (κ1) is 28.6. The Morgan fingerprint density at radius 3 is 1.75 bits per heavy atom. The predicted molar refractivity (Wildman–Crippen MR) is 132 cm³/mol. The van der Waals surface area contributed by atoms with Crippen LogP contribution in [0.4, 0.5) is 0 Å². The van der Waals surface area contributed by atoms with Crippen molar-refractivity contribution in [3.05, 3.63) is 35.4 Å². The van der Waals surface area contributed by atoms with Gasteiger partial charge in [0.1, 0.15) is 18.6 Å². The van der Waals surface area contributed by atoms with Crippen LogP contribution in [0.2, 0.25) is 0 Å². The van der Waals surface area contributed by atoms with Crippen LogP contribution in [0.25, 0.3) is 0 Å². The lowest BCUT2D eigenvalue weighted by Crippen LogP contribution is -2.43. The minimum Gasteiger partial charge on any atom is -0.464 e. The summed E-state index contributed by atoms with van der Waals surface area (Å²) in [6.45, 7) is 18.0. The lowest BCUT2D eigenvalue weighted by atomic mass is 9.84. The SMILES string of the molecule is CCC(C)(CC)C(=O)OCC(C)(COC(C)(C)C)C(=O)OCc1ccc(CP(C)C)cc1. The van der Waals surface area contributed by atoms with E-state index in [2.05, 4.69) is 25.5 Å². The van der Waals surface area contributed by atoms with E-state index in [4.69, 9.17) is 14.2 Å². The summed E-state index contributed by atoms with van der Waals surface area (Å²) in [5.74, 6) is -0.723. The van der Waals surface area contributed by atoms with Gasteiger partial charge < -0.3 is 14.2 Å². The average molecular weight is 467 g/mol. The zero-order valence-electron chi connectivity index (χ0n) is 21.5. The molecule has 0 aliphatic carbocycles. The maximum absolute atomic E-state index is 13.1. The zero-order chi connectivity index (χ0) is 24.6. The largest absolute Gasteiger partial charge is 0.464 e. The van der Waals surface area contributed by atoms with Gasteiger partial charge in [0.05, 0.1) is 17.6 Å². The molecule has 0 radical (unpaired) electrons. The van der Waals surface area contributed by atoms with Gasteiger partial charge in [-0.25, -0.2) is 0 Å². The van der Waals surface area contributed by atoms with Gasteiger partial charge in [0.15, 0.2) is 0 Å². The summed E-state index contributed by atoms with van der Waals surface area (Å²) in [7, 11) is 0.00421. The average Bonchev–Trinajstić information content (AvgIpc) is 2.73. The van der Waals surface area contributed by atoms with Crippen molar-refractivity contribution in [3.63, 3.8) is 0 Å². The second-order valence-electron chi connectivity index (χ2n) is 10.4. The molecule has 0 saturated carbocycles. The molecule has 1 atom stereocenters. The van der Waals surface area contributed by atoms with Crippen molar-refractivity contribution in [1.29, 1.82) is 0 Å². The zero-order valence-corrected chi connectivity index (χ0v) is 22.4. The van der Waals surface area contributed by atoms with Gasteiger partial charge in [-0.1, -0.05) is 38.1 Å². The summed E-state index contributed by atoms with van der Waals surface area (Å²) in [5, 5.41) is 0. The molecule has 0 heterocycles. The second kappa shape index (κ2) is 12.1. The molecule has 0 saturated heterocycles. The lowest BCUT2D eigenvalue weighted by Gasteiger charge is -2.32. The fourth-order valence-corrected chi connectivity index (χ4v) is 3.84. The molecule has 0 N–H and O–H groups in total. The fraction of sp³-hybridized carbons (Fsp3) is 0.692. The van der Waals surface area contributed by atoms with Crippen molar-refractivity contribution in [1.82, 2.24) is 0 Å². The van der Waals surface area contributed by atoms with Gasteiger partial charge in [-0.05, 0) is 78.1 Å². The Labute approximate surface area is 196 Å². The first-order chi connectivity index (χ1) is 14.7. The normalized spacial score (nSPS) is 14.2. The summed E-state index contributed by atoms with van der Waals surface area (Å²) in [6, 6.07) is 8.17. The Morgan fingerprint density at radius 2 is 1.28 bits per heavy atom. The number of ether oxygens (including phenoxy) is 3. The molecule has 1 unspecified atom stereocenters. The predicted octanol–water partition coefficient (Wildman–Crippen LogP) is 6.16. The Balaban J connectivity index is 2.86. The molecule has 0 aromatic heterocycles. The molecular weight excluding hydrogens is 423 g/mol. The van der Waals surface area contributed by atoms with E-state index in [1.54, 1.807) is 6.92 Å².